The van der Waals surface area contributed by atoms with E-state index in [9.17, 15) is 5.11 Å². The summed E-state index contributed by atoms with van der Waals surface area (Å²) in [5.41, 5.74) is -0.523. The zero-order valence-electron chi connectivity index (χ0n) is 9.42. The molecule has 86 valence electrons. The van der Waals surface area contributed by atoms with Gasteiger partial charge in [-0.1, -0.05) is 19.8 Å². The van der Waals surface area contributed by atoms with Crippen molar-refractivity contribution in [1.29, 1.82) is 0 Å². The third-order valence-electron chi connectivity index (χ3n) is 3.33. The van der Waals surface area contributed by atoms with Gasteiger partial charge in [0.1, 0.15) is 0 Å². The second kappa shape index (κ2) is 4.39. The Morgan fingerprint density at radius 2 is 2.53 bits per heavy atom. The van der Waals surface area contributed by atoms with Gasteiger partial charge in [-0.3, -0.25) is 4.99 Å². The molecule has 0 spiro atoms. The monoisotopic (exact) mass is 211 g/mol. The fraction of sp³-hybridized carbons (Fsp3) is 0.909. The Bertz CT molecular complexity index is 254. The average Bonchev–Trinajstić information content (AvgIpc) is 2.67. The van der Waals surface area contributed by atoms with Crippen molar-refractivity contribution in [2.24, 2.45) is 10.9 Å². The van der Waals surface area contributed by atoms with Crippen LogP contribution in [-0.2, 0) is 0 Å². The molecule has 0 radical (unpaired) electrons. The van der Waals surface area contributed by atoms with Crippen LogP contribution >= 0.6 is 0 Å². The number of nitrogens with zero attached hydrogens (tertiary/aromatic N) is 1. The first-order valence-electron chi connectivity index (χ1n) is 5.93. The first-order chi connectivity index (χ1) is 7.18. The minimum absolute atomic E-state index is 0.523. The highest BCUT2D eigenvalue weighted by Crippen LogP contribution is 2.31. The molecule has 1 saturated carbocycles. The molecule has 2 aliphatic rings. The summed E-state index contributed by atoms with van der Waals surface area (Å²) in [6.07, 6.45) is 4.21. The SMILES string of the molecule is CC1CCCC(O)(CNC2=NCCN2)C1. The van der Waals surface area contributed by atoms with E-state index in [-0.39, 0.29) is 0 Å². The normalized spacial score (nSPS) is 35.9. The third-order valence-corrected chi connectivity index (χ3v) is 3.33. The van der Waals surface area contributed by atoms with Gasteiger partial charge < -0.3 is 15.7 Å². The highest BCUT2D eigenvalue weighted by molar-refractivity contribution is 5.81. The van der Waals surface area contributed by atoms with E-state index in [2.05, 4.69) is 22.5 Å². The molecule has 2 atom stereocenters. The van der Waals surface area contributed by atoms with E-state index in [1.54, 1.807) is 0 Å². The maximum Gasteiger partial charge on any atom is 0.191 e. The van der Waals surface area contributed by atoms with Gasteiger partial charge in [-0.05, 0) is 18.8 Å². The van der Waals surface area contributed by atoms with Crippen molar-refractivity contribution in [1.82, 2.24) is 10.6 Å². The number of hydrogen-bond donors (Lipinski definition) is 3. The number of nitrogens with one attached hydrogen (secondary N) is 2. The van der Waals surface area contributed by atoms with Gasteiger partial charge in [0.15, 0.2) is 5.96 Å². The molecule has 2 unspecified atom stereocenters. The van der Waals surface area contributed by atoms with Crippen LogP contribution in [0.15, 0.2) is 4.99 Å². The molecule has 2 rings (SSSR count). The topological polar surface area (TPSA) is 56.6 Å². The Morgan fingerprint density at radius 3 is 3.20 bits per heavy atom. The van der Waals surface area contributed by atoms with Gasteiger partial charge in [-0.25, -0.2) is 0 Å². The second-order valence-corrected chi connectivity index (χ2v) is 4.94. The van der Waals surface area contributed by atoms with Crippen LogP contribution < -0.4 is 10.6 Å². The van der Waals surface area contributed by atoms with Crippen LogP contribution in [0.5, 0.6) is 0 Å². The Balaban J connectivity index is 1.81. The predicted octanol–water partition coefficient (Wildman–Crippen LogP) is 0.476. The summed E-state index contributed by atoms with van der Waals surface area (Å²) in [5, 5.41) is 16.7. The molecule has 1 fully saturated rings. The maximum absolute atomic E-state index is 10.4. The molecular weight excluding hydrogens is 190 g/mol. The zero-order valence-corrected chi connectivity index (χ0v) is 9.42. The van der Waals surface area contributed by atoms with Gasteiger partial charge in [-0.15, -0.1) is 0 Å². The molecule has 4 heteroatoms. The van der Waals surface area contributed by atoms with Crippen LogP contribution in [0, 0.1) is 5.92 Å². The molecule has 15 heavy (non-hydrogen) atoms. The van der Waals surface area contributed by atoms with E-state index in [0.717, 1.165) is 38.3 Å². The van der Waals surface area contributed by atoms with Crippen LogP contribution in [0.1, 0.15) is 32.6 Å². The molecule has 0 amide bonds. The Labute approximate surface area is 91.2 Å². The van der Waals surface area contributed by atoms with Gasteiger partial charge in [0.25, 0.3) is 0 Å². The summed E-state index contributed by atoms with van der Waals surface area (Å²) in [5.74, 6) is 1.49. The van der Waals surface area contributed by atoms with E-state index in [1.807, 2.05) is 0 Å². The van der Waals surface area contributed by atoms with Crippen molar-refractivity contribution in [3.8, 4) is 0 Å². The quantitative estimate of drug-likeness (QED) is 0.622. The van der Waals surface area contributed by atoms with Crippen molar-refractivity contribution in [2.45, 2.75) is 38.2 Å². The molecular formula is C11H21N3O. The lowest BCUT2D eigenvalue weighted by Gasteiger charge is -2.35. The Kier molecular flexibility index (Phi) is 3.14. The molecule has 1 aliphatic heterocycles. The van der Waals surface area contributed by atoms with E-state index < -0.39 is 5.60 Å². The number of guanidine groups is 1. The first-order valence-corrected chi connectivity index (χ1v) is 5.93. The van der Waals surface area contributed by atoms with Crippen molar-refractivity contribution < 1.29 is 5.11 Å². The molecule has 0 bridgehead atoms. The molecule has 3 N–H and O–H groups in total. The van der Waals surface area contributed by atoms with Gasteiger partial charge in [0.05, 0.1) is 12.1 Å². The van der Waals surface area contributed by atoms with Gasteiger partial charge in [0, 0.05) is 13.1 Å². The van der Waals surface area contributed by atoms with E-state index in [0.29, 0.717) is 12.5 Å². The van der Waals surface area contributed by atoms with Crippen LogP contribution in [0.3, 0.4) is 0 Å². The fourth-order valence-corrected chi connectivity index (χ4v) is 2.56. The van der Waals surface area contributed by atoms with Crippen LogP contribution in [-0.4, -0.2) is 36.3 Å². The number of rotatable bonds is 2. The Hall–Kier alpha value is -0.770. The number of aliphatic hydroxyl groups is 1. The molecule has 1 heterocycles. The molecule has 4 nitrogen and oxygen atoms in total. The summed E-state index contributed by atoms with van der Waals surface area (Å²) < 4.78 is 0. The summed E-state index contributed by atoms with van der Waals surface area (Å²) in [6, 6.07) is 0. The van der Waals surface area contributed by atoms with Crippen molar-refractivity contribution >= 4 is 5.96 Å². The molecule has 0 aromatic heterocycles. The highest BCUT2D eigenvalue weighted by atomic mass is 16.3. The smallest absolute Gasteiger partial charge is 0.191 e. The number of aliphatic imine (C=N–C) groups is 1. The second-order valence-electron chi connectivity index (χ2n) is 4.94. The minimum atomic E-state index is -0.523. The summed E-state index contributed by atoms with van der Waals surface area (Å²) >= 11 is 0. The van der Waals surface area contributed by atoms with Gasteiger partial charge in [0.2, 0.25) is 0 Å². The van der Waals surface area contributed by atoms with Gasteiger partial charge in [-0.2, -0.15) is 0 Å². The summed E-state index contributed by atoms with van der Waals surface area (Å²) in [6.45, 7) is 4.60. The van der Waals surface area contributed by atoms with Crippen molar-refractivity contribution in [2.75, 3.05) is 19.6 Å². The largest absolute Gasteiger partial charge is 0.388 e. The van der Waals surface area contributed by atoms with E-state index >= 15 is 0 Å². The first kappa shape index (κ1) is 10.7. The third kappa shape index (κ3) is 2.84. The van der Waals surface area contributed by atoms with E-state index in [1.165, 1.54) is 6.42 Å². The summed E-state index contributed by atoms with van der Waals surface area (Å²) in [7, 11) is 0. The number of hydrogen-bond acceptors (Lipinski definition) is 4. The predicted molar refractivity (Wildman–Crippen MR) is 60.9 cm³/mol. The van der Waals surface area contributed by atoms with Crippen LogP contribution in [0.25, 0.3) is 0 Å². The minimum Gasteiger partial charge on any atom is -0.388 e. The molecule has 0 aromatic rings. The molecule has 0 aromatic carbocycles. The highest BCUT2D eigenvalue weighted by Gasteiger charge is 2.32. The standard InChI is InChI=1S/C11H21N3O/c1-9-3-2-4-11(15,7-9)8-14-10-12-5-6-13-10/h9,15H,2-8H2,1H3,(H2,12,13,14). The molecule has 0 saturated heterocycles. The lowest BCUT2D eigenvalue weighted by Crippen LogP contribution is -2.48. The fourth-order valence-electron chi connectivity index (χ4n) is 2.56. The summed E-state index contributed by atoms with van der Waals surface area (Å²) in [4.78, 5) is 4.25. The van der Waals surface area contributed by atoms with E-state index in [4.69, 9.17) is 0 Å². The van der Waals surface area contributed by atoms with Crippen LogP contribution in [0.2, 0.25) is 0 Å². The lowest BCUT2D eigenvalue weighted by molar-refractivity contribution is -0.00826. The average molecular weight is 211 g/mol. The zero-order chi connectivity index (χ0) is 10.7. The van der Waals surface area contributed by atoms with Crippen LogP contribution in [0.4, 0.5) is 0 Å². The van der Waals surface area contributed by atoms with Crippen molar-refractivity contribution in [3.05, 3.63) is 0 Å². The lowest BCUT2D eigenvalue weighted by atomic mass is 9.79. The Morgan fingerprint density at radius 1 is 1.67 bits per heavy atom. The maximum atomic E-state index is 10.4. The van der Waals surface area contributed by atoms with Crippen molar-refractivity contribution in [3.63, 3.8) is 0 Å². The molecule has 1 aliphatic carbocycles. The van der Waals surface area contributed by atoms with Gasteiger partial charge >= 0.3 is 0 Å².